The molecule has 0 spiro atoms. The molecule has 154 valence electrons. The van der Waals surface area contributed by atoms with Crippen LogP contribution in [0.5, 0.6) is 5.75 Å². The van der Waals surface area contributed by atoms with Gasteiger partial charge in [-0.3, -0.25) is 20.4 Å². The molecule has 1 saturated heterocycles. The summed E-state index contributed by atoms with van der Waals surface area (Å²) in [5.41, 5.74) is 5.61. The summed E-state index contributed by atoms with van der Waals surface area (Å²) in [7, 11) is -2.01. The largest absolute Gasteiger partial charge is 0.496 e. The number of carbonyl (C=O) groups excluding carboxylic acids is 2. The molecular formula is C20H23N3O5S. The summed E-state index contributed by atoms with van der Waals surface area (Å²) >= 11 is 0. The van der Waals surface area contributed by atoms with E-state index in [1.807, 2.05) is 0 Å². The van der Waals surface area contributed by atoms with Crippen molar-refractivity contribution in [3.05, 3.63) is 59.7 Å². The van der Waals surface area contributed by atoms with Gasteiger partial charge >= 0.3 is 0 Å². The summed E-state index contributed by atoms with van der Waals surface area (Å²) in [4.78, 5) is 24.5. The Morgan fingerprint density at radius 3 is 2.31 bits per heavy atom. The van der Waals surface area contributed by atoms with Gasteiger partial charge in [-0.25, -0.2) is 8.42 Å². The van der Waals surface area contributed by atoms with Crippen LogP contribution in [0.3, 0.4) is 0 Å². The maximum absolute atomic E-state index is 12.5. The molecule has 2 aromatic rings. The van der Waals surface area contributed by atoms with E-state index in [-0.39, 0.29) is 16.9 Å². The van der Waals surface area contributed by atoms with Crippen molar-refractivity contribution in [3.8, 4) is 5.75 Å². The van der Waals surface area contributed by atoms with Crippen molar-refractivity contribution in [3.63, 3.8) is 0 Å². The van der Waals surface area contributed by atoms with E-state index in [1.54, 1.807) is 24.3 Å². The van der Waals surface area contributed by atoms with Crippen molar-refractivity contribution in [1.29, 1.82) is 0 Å². The molecule has 2 aromatic carbocycles. The van der Waals surface area contributed by atoms with Crippen molar-refractivity contribution in [2.24, 2.45) is 0 Å². The zero-order valence-electron chi connectivity index (χ0n) is 16.1. The number of methoxy groups -OCH3 is 1. The second-order valence-electron chi connectivity index (χ2n) is 6.63. The van der Waals surface area contributed by atoms with Crippen LogP contribution in [0.25, 0.3) is 0 Å². The molecule has 9 heteroatoms. The molecule has 0 aliphatic carbocycles. The lowest BCUT2D eigenvalue weighted by molar-refractivity contribution is -0.121. The van der Waals surface area contributed by atoms with E-state index >= 15 is 0 Å². The first-order chi connectivity index (χ1) is 13.9. The van der Waals surface area contributed by atoms with Gasteiger partial charge in [-0.2, -0.15) is 4.31 Å². The number of amides is 2. The minimum absolute atomic E-state index is 0.0390. The van der Waals surface area contributed by atoms with E-state index in [0.717, 1.165) is 12.8 Å². The first-order valence-corrected chi connectivity index (χ1v) is 10.7. The number of rotatable bonds is 6. The quantitative estimate of drug-likeness (QED) is 0.693. The lowest BCUT2D eigenvalue weighted by Crippen LogP contribution is -2.42. The van der Waals surface area contributed by atoms with E-state index in [0.29, 0.717) is 24.4 Å². The normalized spacial score (nSPS) is 14.4. The van der Waals surface area contributed by atoms with Gasteiger partial charge in [0.15, 0.2) is 0 Å². The molecule has 1 fully saturated rings. The van der Waals surface area contributed by atoms with Gasteiger partial charge in [0.2, 0.25) is 15.9 Å². The second kappa shape index (κ2) is 9.06. The van der Waals surface area contributed by atoms with E-state index in [9.17, 15) is 18.0 Å². The van der Waals surface area contributed by atoms with Crippen molar-refractivity contribution >= 4 is 21.8 Å². The predicted molar refractivity (Wildman–Crippen MR) is 107 cm³/mol. The first kappa shape index (κ1) is 20.8. The third-order valence-corrected chi connectivity index (χ3v) is 6.59. The van der Waals surface area contributed by atoms with Crippen molar-refractivity contribution in [1.82, 2.24) is 15.2 Å². The lowest BCUT2D eigenvalue weighted by atomic mass is 10.1. The molecule has 0 bridgehead atoms. The highest BCUT2D eigenvalue weighted by atomic mass is 32.2. The van der Waals surface area contributed by atoms with Gasteiger partial charge < -0.3 is 4.74 Å². The summed E-state index contributed by atoms with van der Waals surface area (Å²) < 4.78 is 31.7. The SMILES string of the molecule is COc1ccccc1CC(=O)NNC(=O)c1ccc(S(=O)(=O)N2CCCC2)cc1. The zero-order chi connectivity index (χ0) is 20.9. The van der Waals surface area contributed by atoms with Gasteiger partial charge in [-0.15, -0.1) is 0 Å². The highest BCUT2D eigenvalue weighted by Gasteiger charge is 2.27. The summed E-state index contributed by atoms with van der Waals surface area (Å²) in [6.07, 6.45) is 1.75. The second-order valence-corrected chi connectivity index (χ2v) is 8.56. The smallest absolute Gasteiger partial charge is 0.269 e. The van der Waals surface area contributed by atoms with Crippen LogP contribution >= 0.6 is 0 Å². The molecule has 2 amide bonds. The molecule has 1 aliphatic heterocycles. The Hall–Kier alpha value is -2.91. The van der Waals surface area contributed by atoms with Crippen molar-refractivity contribution in [2.45, 2.75) is 24.2 Å². The number of hydrogen-bond donors (Lipinski definition) is 2. The predicted octanol–water partition coefficient (Wildman–Crippen LogP) is 1.48. The van der Waals surface area contributed by atoms with Gasteiger partial charge in [0.25, 0.3) is 5.91 Å². The van der Waals surface area contributed by atoms with Gasteiger partial charge in [-0.05, 0) is 43.2 Å². The van der Waals surface area contributed by atoms with Crippen molar-refractivity contribution in [2.75, 3.05) is 20.2 Å². The van der Waals surface area contributed by atoms with E-state index in [2.05, 4.69) is 10.9 Å². The minimum atomic E-state index is -3.53. The molecule has 0 aromatic heterocycles. The molecule has 2 N–H and O–H groups in total. The van der Waals surface area contributed by atoms with Crippen LogP contribution in [0.4, 0.5) is 0 Å². The zero-order valence-corrected chi connectivity index (χ0v) is 16.9. The summed E-state index contributed by atoms with van der Waals surface area (Å²) in [6.45, 7) is 1.03. The molecular weight excluding hydrogens is 394 g/mol. The Bertz CT molecular complexity index is 983. The Balaban J connectivity index is 1.57. The van der Waals surface area contributed by atoms with Crippen LogP contribution < -0.4 is 15.6 Å². The Morgan fingerprint density at radius 2 is 1.66 bits per heavy atom. The molecule has 0 unspecified atom stereocenters. The number of ether oxygens (including phenoxy) is 1. The third-order valence-electron chi connectivity index (χ3n) is 4.68. The van der Waals surface area contributed by atoms with Crippen LogP contribution in [0, 0.1) is 0 Å². The maximum atomic E-state index is 12.5. The number of nitrogens with one attached hydrogen (secondary N) is 2. The molecule has 8 nitrogen and oxygen atoms in total. The number of para-hydroxylation sites is 1. The average Bonchev–Trinajstić information content (AvgIpc) is 3.28. The lowest BCUT2D eigenvalue weighted by Gasteiger charge is -2.15. The van der Waals surface area contributed by atoms with Gasteiger partial charge in [0.1, 0.15) is 5.75 Å². The van der Waals surface area contributed by atoms with Crippen molar-refractivity contribution < 1.29 is 22.7 Å². The molecule has 0 atom stereocenters. The number of hydrogen-bond acceptors (Lipinski definition) is 5. The number of hydrazine groups is 1. The number of nitrogens with zero attached hydrogens (tertiary/aromatic N) is 1. The van der Waals surface area contributed by atoms with Crippen LogP contribution in [0.2, 0.25) is 0 Å². The topological polar surface area (TPSA) is 105 Å². The van der Waals surface area contributed by atoms with Gasteiger partial charge in [0, 0.05) is 24.2 Å². The van der Waals surface area contributed by atoms with Gasteiger partial charge in [0.05, 0.1) is 18.4 Å². The summed E-state index contributed by atoms with van der Waals surface area (Å²) in [5.74, 6) is -0.358. The Kier molecular flexibility index (Phi) is 6.50. The molecule has 29 heavy (non-hydrogen) atoms. The van der Waals surface area contributed by atoms with E-state index < -0.39 is 21.8 Å². The summed E-state index contributed by atoms with van der Waals surface area (Å²) in [6, 6.07) is 12.8. The fraction of sp³-hybridized carbons (Fsp3) is 0.300. The third kappa shape index (κ3) is 4.93. The van der Waals surface area contributed by atoms with Crippen LogP contribution in [0.1, 0.15) is 28.8 Å². The standard InChI is InChI=1S/C20H23N3O5S/c1-28-18-7-3-2-6-16(18)14-19(24)21-22-20(25)15-8-10-17(11-9-15)29(26,27)23-12-4-5-13-23/h2-3,6-11H,4-5,12-14H2,1H3,(H,21,24)(H,22,25). The molecule has 1 aliphatic rings. The van der Waals surface area contributed by atoms with E-state index in [1.165, 1.54) is 35.7 Å². The highest BCUT2D eigenvalue weighted by molar-refractivity contribution is 7.89. The number of sulfonamides is 1. The van der Waals surface area contributed by atoms with Gasteiger partial charge in [-0.1, -0.05) is 18.2 Å². The van der Waals surface area contributed by atoms with E-state index in [4.69, 9.17) is 4.74 Å². The highest BCUT2D eigenvalue weighted by Crippen LogP contribution is 2.21. The fourth-order valence-corrected chi connectivity index (χ4v) is 4.64. The maximum Gasteiger partial charge on any atom is 0.269 e. The molecule has 0 saturated carbocycles. The number of carbonyl (C=O) groups is 2. The molecule has 3 rings (SSSR count). The number of benzene rings is 2. The molecule has 0 radical (unpaired) electrons. The average molecular weight is 417 g/mol. The van der Waals surface area contributed by atoms with Crippen LogP contribution in [-0.4, -0.2) is 44.7 Å². The molecule has 1 heterocycles. The Labute approximate surface area is 169 Å². The first-order valence-electron chi connectivity index (χ1n) is 9.23. The monoisotopic (exact) mass is 417 g/mol. The van der Waals surface area contributed by atoms with Crippen LogP contribution in [-0.2, 0) is 21.2 Å². The fourth-order valence-electron chi connectivity index (χ4n) is 3.12. The minimum Gasteiger partial charge on any atom is -0.496 e. The Morgan fingerprint density at radius 1 is 1.00 bits per heavy atom. The summed E-state index contributed by atoms with van der Waals surface area (Å²) in [5, 5.41) is 0. The van der Waals surface area contributed by atoms with Crippen LogP contribution in [0.15, 0.2) is 53.4 Å².